The van der Waals surface area contributed by atoms with Gasteiger partial charge in [-0.05, 0) is 36.4 Å². The first kappa shape index (κ1) is 21.8. The molecule has 0 saturated carbocycles. The molecule has 0 saturated heterocycles. The van der Waals surface area contributed by atoms with E-state index in [2.05, 4.69) is 15.7 Å². The topological polar surface area (TPSA) is 124 Å². The molecule has 3 aromatic rings. The van der Waals surface area contributed by atoms with Crippen LogP contribution in [0.25, 0.3) is 0 Å². The normalized spacial score (nSPS) is 14.4. The summed E-state index contributed by atoms with van der Waals surface area (Å²) in [5.74, 6) is 0.159. The van der Waals surface area contributed by atoms with Crippen LogP contribution in [0.5, 0.6) is 17.2 Å². The highest BCUT2D eigenvalue weighted by Crippen LogP contribution is 2.38. The fourth-order valence-corrected chi connectivity index (χ4v) is 3.62. The van der Waals surface area contributed by atoms with Crippen molar-refractivity contribution in [2.24, 2.45) is 0 Å². The van der Waals surface area contributed by atoms with Crippen LogP contribution in [0.1, 0.15) is 22.0 Å². The number of aromatic nitrogens is 2. The molecule has 1 unspecified atom stereocenters. The van der Waals surface area contributed by atoms with Gasteiger partial charge in [-0.25, -0.2) is 9.48 Å². The number of methoxy groups -OCH3 is 3. The van der Waals surface area contributed by atoms with Crippen LogP contribution < -0.4 is 24.8 Å². The first-order valence-corrected chi connectivity index (χ1v) is 9.92. The highest BCUT2D eigenvalue weighted by Gasteiger charge is 2.31. The molecule has 33 heavy (non-hydrogen) atoms. The van der Waals surface area contributed by atoms with Crippen LogP contribution in [0.2, 0.25) is 0 Å². The van der Waals surface area contributed by atoms with Gasteiger partial charge in [0, 0.05) is 5.56 Å². The summed E-state index contributed by atoms with van der Waals surface area (Å²) >= 11 is 0. The van der Waals surface area contributed by atoms with Crippen molar-refractivity contribution in [3.8, 4) is 17.2 Å². The molecule has 170 valence electrons. The predicted molar refractivity (Wildman–Crippen MR) is 120 cm³/mol. The molecule has 10 nitrogen and oxygen atoms in total. The second-order valence-electron chi connectivity index (χ2n) is 7.07. The van der Waals surface area contributed by atoms with E-state index in [0.717, 1.165) is 0 Å². The number of carboxylic acids is 1. The van der Waals surface area contributed by atoms with Gasteiger partial charge in [-0.3, -0.25) is 4.79 Å². The third-order valence-corrected chi connectivity index (χ3v) is 5.22. The molecule has 10 heteroatoms. The molecule has 0 radical (unpaired) electrons. The first-order valence-electron chi connectivity index (χ1n) is 9.92. The fourth-order valence-electron chi connectivity index (χ4n) is 3.62. The molecule has 2 aromatic carbocycles. The van der Waals surface area contributed by atoms with E-state index < -0.39 is 17.9 Å². The van der Waals surface area contributed by atoms with Gasteiger partial charge in [0.05, 0.1) is 33.2 Å². The summed E-state index contributed by atoms with van der Waals surface area (Å²) in [6, 6.07) is 11.5. The molecule has 0 aliphatic carbocycles. The number of hydrogen-bond acceptors (Lipinski definition) is 7. The second-order valence-corrected chi connectivity index (χ2v) is 7.07. The van der Waals surface area contributed by atoms with Crippen LogP contribution in [-0.2, 0) is 4.79 Å². The number of rotatable bonds is 7. The number of ether oxygens (including phenoxy) is 3. The largest absolute Gasteiger partial charge is 0.497 e. The number of fused-ring (bicyclic) bond motifs is 1. The number of nitrogens with one attached hydrogen (secondary N) is 2. The maximum absolute atomic E-state index is 13.1. The Labute approximate surface area is 189 Å². The van der Waals surface area contributed by atoms with E-state index in [1.54, 1.807) is 42.5 Å². The zero-order chi connectivity index (χ0) is 23.5. The lowest BCUT2D eigenvalue weighted by Crippen LogP contribution is -2.26. The zero-order valence-electron chi connectivity index (χ0n) is 18.2. The van der Waals surface area contributed by atoms with Gasteiger partial charge in [0.15, 0.2) is 0 Å². The molecule has 1 atom stereocenters. The second kappa shape index (κ2) is 8.95. The minimum atomic E-state index is -1.18. The Morgan fingerprint density at radius 1 is 1.06 bits per heavy atom. The minimum Gasteiger partial charge on any atom is -0.497 e. The van der Waals surface area contributed by atoms with Crippen molar-refractivity contribution >= 4 is 23.4 Å². The summed E-state index contributed by atoms with van der Waals surface area (Å²) in [5.41, 5.74) is 1.17. The van der Waals surface area contributed by atoms with Gasteiger partial charge in [0.2, 0.25) is 0 Å². The van der Waals surface area contributed by atoms with Gasteiger partial charge in [-0.1, -0.05) is 12.1 Å². The average molecular weight is 450 g/mol. The van der Waals surface area contributed by atoms with Gasteiger partial charge in [0.25, 0.3) is 5.91 Å². The Hall–Kier alpha value is -4.47. The number of aliphatic carboxylic acids is 1. The van der Waals surface area contributed by atoms with Crippen LogP contribution >= 0.6 is 0 Å². The number of anilines is 2. The summed E-state index contributed by atoms with van der Waals surface area (Å²) < 4.78 is 17.6. The minimum absolute atomic E-state index is 0.0933. The fraction of sp³-hybridized carbons (Fsp3) is 0.174. The molecule has 4 rings (SSSR count). The van der Waals surface area contributed by atoms with E-state index in [4.69, 9.17) is 14.2 Å². The van der Waals surface area contributed by atoms with Crippen LogP contribution in [0, 0.1) is 0 Å². The van der Waals surface area contributed by atoms with E-state index >= 15 is 0 Å². The van der Waals surface area contributed by atoms with Crippen molar-refractivity contribution in [3.05, 3.63) is 71.6 Å². The molecule has 0 bridgehead atoms. The number of amides is 1. The highest BCUT2D eigenvalue weighted by atomic mass is 16.5. The summed E-state index contributed by atoms with van der Waals surface area (Å²) in [7, 11) is 4.56. The standard InChI is InChI=1S/C23H22N4O6/c1-31-13-8-9-19(32-2)14(10-13)18-11-17(23(29)30)25-21-15(12-24-27(18)21)22(28)26-16-6-4-5-7-20(16)33-3/h4-12,18,25H,1-3H3,(H,26,28)(H,29,30). The number of para-hydroxylation sites is 2. The predicted octanol–water partition coefficient (Wildman–Crippen LogP) is 3.14. The Bertz CT molecular complexity index is 1250. The third-order valence-electron chi connectivity index (χ3n) is 5.22. The van der Waals surface area contributed by atoms with Crippen molar-refractivity contribution in [2.45, 2.75) is 6.04 Å². The maximum Gasteiger partial charge on any atom is 0.352 e. The molecule has 2 heterocycles. The number of carboxylic acid groups (broad SMARTS) is 1. The van der Waals surface area contributed by atoms with Crippen molar-refractivity contribution in [1.29, 1.82) is 0 Å². The molecule has 0 spiro atoms. The molecule has 1 aliphatic rings. The Balaban J connectivity index is 1.78. The molecular formula is C23H22N4O6. The number of carbonyl (C=O) groups excluding carboxylic acids is 1. The first-order chi connectivity index (χ1) is 16.0. The van der Waals surface area contributed by atoms with Gasteiger partial charge in [-0.15, -0.1) is 0 Å². The van der Waals surface area contributed by atoms with Crippen molar-refractivity contribution in [1.82, 2.24) is 9.78 Å². The van der Waals surface area contributed by atoms with E-state index in [0.29, 0.717) is 28.5 Å². The average Bonchev–Trinajstić information content (AvgIpc) is 3.27. The third kappa shape index (κ3) is 4.05. The van der Waals surface area contributed by atoms with Crippen molar-refractivity contribution < 1.29 is 28.9 Å². The number of benzene rings is 2. The summed E-state index contributed by atoms with van der Waals surface area (Å²) in [6.07, 6.45) is 2.88. The smallest absolute Gasteiger partial charge is 0.352 e. The SMILES string of the molecule is COc1ccc(OC)c(C2C=C(C(=O)O)Nc3c(C(=O)Nc4ccccc4OC)cnn32)c1. The Morgan fingerprint density at radius 2 is 1.82 bits per heavy atom. The van der Waals surface area contributed by atoms with Gasteiger partial charge >= 0.3 is 5.97 Å². The number of allylic oxidation sites excluding steroid dienone is 1. The highest BCUT2D eigenvalue weighted by molar-refractivity contribution is 6.09. The molecule has 3 N–H and O–H groups in total. The lowest BCUT2D eigenvalue weighted by molar-refractivity contribution is -0.132. The lowest BCUT2D eigenvalue weighted by atomic mass is 10.0. The van der Waals surface area contributed by atoms with Crippen LogP contribution in [0.15, 0.2) is 60.4 Å². The lowest BCUT2D eigenvalue weighted by Gasteiger charge is -2.26. The maximum atomic E-state index is 13.1. The van der Waals surface area contributed by atoms with Gasteiger partial charge < -0.3 is 30.0 Å². The van der Waals surface area contributed by atoms with E-state index in [9.17, 15) is 14.7 Å². The number of hydrogen-bond donors (Lipinski definition) is 3. The van der Waals surface area contributed by atoms with Crippen molar-refractivity contribution in [3.63, 3.8) is 0 Å². The van der Waals surface area contributed by atoms with Crippen LogP contribution in [0.3, 0.4) is 0 Å². The van der Waals surface area contributed by atoms with Gasteiger partial charge in [-0.2, -0.15) is 5.10 Å². The summed E-state index contributed by atoms with van der Waals surface area (Å²) in [6.45, 7) is 0. The summed E-state index contributed by atoms with van der Waals surface area (Å²) in [5, 5.41) is 19.7. The number of carbonyl (C=O) groups is 2. The molecule has 1 aromatic heterocycles. The van der Waals surface area contributed by atoms with E-state index in [-0.39, 0.29) is 17.1 Å². The van der Waals surface area contributed by atoms with E-state index in [1.165, 1.54) is 38.3 Å². The summed E-state index contributed by atoms with van der Waals surface area (Å²) in [4.78, 5) is 24.9. The van der Waals surface area contributed by atoms with Crippen molar-refractivity contribution in [2.75, 3.05) is 32.0 Å². The molecule has 1 amide bonds. The molecule has 0 fully saturated rings. The molecule has 1 aliphatic heterocycles. The van der Waals surface area contributed by atoms with Crippen LogP contribution in [0.4, 0.5) is 11.5 Å². The van der Waals surface area contributed by atoms with E-state index in [1.807, 2.05) is 0 Å². The Morgan fingerprint density at radius 3 is 2.52 bits per heavy atom. The van der Waals surface area contributed by atoms with Crippen LogP contribution in [-0.4, -0.2) is 48.1 Å². The molecular weight excluding hydrogens is 428 g/mol. The Kier molecular flexibility index (Phi) is 5.90. The monoisotopic (exact) mass is 450 g/mol. The number of nitrogens with zero attached hydrogens (tertiary/aromatic N) is 2. The quantitative estimate of drug-likeness (QED) is 0.502. The van der Waals surface area contributed by atoms with Gasteiger partial charge in [0.1, 0.15) is 40.4 Å². The zero-order valence-corrected chi connectivity index (χ0v) is 18.2.